The van der Waals surface area contributed by atoms with Gasteiger partial charge in [-0.2, -0.15) is 5.10 Å². The molecule has 6 heteroatoms. The molecule has 1 saturated carbocycles. The molecule has 1 N–H and O–H groups in total. The number of hydrogen-bond donors (Lipinski definition) is 1. The van der Waals surface area contributed by atoms with E-state index in [1.54, 1.807) is 4.68 Å². The Morgan fingerprint density at radius 3 is 2.95 bits per heavy atom. The first-order chi connectivity index (χ1) is 9.10. The van der Waals surface area contributed by atoms with Crippen molar-refractivity contribution in [1.29, 1.82) is 0 Å². The third kappa shape index (κ3) is 2.52. The molecule has 0 aliphatic heterocycles. The molecular weight excluding hydrogens is 246 g/mol. The topological polar surface area (TPSA) is 85.1 Å². The molecule has 6 nitrogen and oxygen atoms in total. The molecule has 1 fully saturated rings. The molecule has 1 aromatic heterocycles. The van der Waals surface area contributed by atoms with Gasteiger partial charge in [0, 0.05) is 19.4 Å². The number of aliphatic carboxylic acids is 1. The monoisotopic (exact) mass is 265 g/mol. The van der Waals surface area contributed by atoms with Gasteiger partial charge in [-0.05, 0) is 19.3 Å². The highest BCUT2D eigenvalue weighted by atomic mass is 16.4. The highest BCUT2D eigenvalue weighted by Crippen LogP contribution is 2.36. The lowest BCUT2D eigenvalue weighted by atomic mass is 9.70. The quantitative estimate of drug-likeness (QED) is 0.814. The van der Waals surface area contributed by atoms with E-state index in [0.717, 1.165) is 19.3 Å². The summed E-state index contributed by atoms with van der Waals surface area (Å²) in [5, 5.41) is 13.6. The van der Waals surface area contributed by atoms with E-state index in [1.807, 2.05) is 6.92 Å². The van der Waals surface area contributed by atoms with Gasteiger partial charge in [-0.25, -0.2) is 4.98 Å². The second-order valence-corrected chi connectivity index (χ2v) is 5.09. The van der Waals surface area contributed by atoms with Crippen LogP contribution in [0.25, 0.3) is 0 Å². The number of Topliss-reactive ketones (excluding diaryl/α,β-unsaturated/α-hetero) is 1. The van der Waals surface area contributed by atoms with Crippen molar-refractivity contribution in [2.75, 3.05) is 0 Å². The molecular formula is C13H19N3O3. The van der Waals surface area contributed by atoms with Gasteiger partial charge < -0.3 is 5.11 Å². The molecule has 0 amide bonds. The Kier molecular flexibility index (Phi) is 3.97. The van der Waals surface area contributed by atoms with Gasteiger partial charge in [0.1, 0.15) is 17.6 Å². The fourth-order valence-corrected chi connectivity index (χ4v) is 2.67. The summed E-state index contributed by atoms with van der Waals surface area (Å²) in [5.41, 5.74) is -1.29. The van der Waals surface area contributed by atoms with Crippen LogP contribution in [0.4, 0.5) is 0 Å². The summed E-state index contributed by atoms with van der Waals surface area (Å²) in [6, 6.07) is 0. The van der Waals surface area contributed by atoms with E-state index in [2.05, 4.69) is 10.1 Å². The van der Waals surface area contributed by atoms with E-state index >= 15 is 0 Å². The number of carboxylic acids is 1. The molecule has 1 unspecified atom stereocenters. The van der Waals surface area contributed by atoms with Gasteiger partial charge in [0.25, 0.3) is 0 Å². The lowest BCUT2D eigenvalue weighted by Crippen LogP contribution is -2.44. The Morgan fingerprint density at radius 1 is 1.53 bits per heavy atom. The van der Waals surface area contributed by atoms with Crippen molar-refractivity contribution in [2.24, 2.45) is 5.41 Å². The Bertz CT molecular complexity index is 483. The molecule has 0 bridgehead atoms. The summed E-state index contributed by atoms with van der Waals surface area (Å²) in [7, 11) is 0. The predicted octanol–water partition coefficient (Wildman–Crippen LogP) is 1.44. The molecule has 1 atom stereocenters. The highest BCUT2D eigenvalue weighted by molar-refractivity contribution is 6.03. The number of carboxylic acid groups (broad SMARTS) is 1. The first kappa shape index (κ1) is 13.7. The van der Waals surface area contributed by atoms with E-state index in [-0.39, 0.29) is 12.2 Å². The summed E-state index contributed by atoms with van der Waals surface area (Å²) >= 11 is 0. The lowest BCUT2D eigenvalue weighted by Gasteiger charge is -2.31. The van der Waals surface area contributed by atoms with Crippen molar-refractivity contribution < 1.29 is 14.7 Å². The van der Waals surface area contributed by atoms with Crippen molar-refractivity contribution in [3.05, 3.63) is 12.2 Å². The molecule has 1 aliphatic rings. The smallest absolute Gasteiger partial charge is 0.317 e. The summed E-state index contributed by atoms with van der Waals surface area (Å²) in [4.78, 5) is 27.8. The lowest BCUT2D eigenvalue weighted by molar-refractivity contribution is -0.157. The molecule has 2 rings (SSSR count). The van der Waals surface area contributed by atoms with Gasteiger partial charge in [0.2, 0.25) is 0 Å². The van der Waals surface area contributed by atoms with Crippen LogP contribution in [0.3, 0.4) is 0 Å². The number of rotatable bonds is 5. The summed E-state index contributed by atoms with van der Waals surface area (Å²) in [6.07, 6.45) is 4.79. The summed E-state index contributed by atoms with van der Waals surface area (Å²) in [6.45, 7) is 2.71. The second-order valence-electron chi connectivity index (χ2n) is 5.09. The van der Waals surface area contributed by atoms with Gasteiger partial charge in [-0.15, -0.1) is 0 Å². The molecule has 104 valence electrons. The van der Waals surface area contributed by atoms with Crippen LogP contribution in [0, 0.1) is 5.41 Å². The normalized spacial score (nSPS) is 23.5. The van der Waals surface area contributed by atoms with E-state index in [9.17, 15) is 14.7 Å². The fraction of sp³-hybridized carbons (Fsp3) is 0.692. The minimum absolute atomic E-state index is 0.154. The minimum atomic E-state index is -1.29. The second kappa shape index (κ2) is 5.50. The first-order valence-corrected chi connectivity index (χ1v) is 6.73. The zero-order chi connectivity index (χ0) is 13.9. The van der Waals surface area contributed by atoms with Crippen molar-refractivity contribution in [1.82, 2.24) is 14.8 Å². The van der Waals surface area contributed by atoms with Gasteiger partial charge in [0.15, 0.2) is 5.78 Å². The zero-order valence-electron chi connectivity index (χ0n) is 11.1. The van der Waals surface area contributed by atoms with Crippen LogP contribution in [0.15, 0.2) is 6.33 Å². The Labute approximate surface area is 111 Å². The third-order valence-electron chi connectivity index (χ3n) is 3.79. The molecule has 0 saturated heterocycles. The van der Waals surface area contributed by atoms with Crippen LogP contribution in [0.2, 0.25) is 0 Å². The average molecular weight is 265 g/mol. The standard InChI is InChI=1S/C13H19N3O3/c1-2-7-16-11(14-9-15-16)8-13(12(18)19)6-4-3-5-10(13)17/h9H,2-8H2,1H3,(H,18,19). The predicted molar refractivity (Wildman–Crippen MR) is 67.6 cm³/mol. The van der Waals surface area contributed by atoms with Crippen LogP contribution >= 0.6 is 0 Å². The number of aromatic nitrogens is 3. The molecule has 0 radical (unpaired) electrons. The van der Waals surface area contributed by atoms with E-state index < -0.39 is 11.4 Å². The maximum Gasteiger partial charge on any atom is 0.317 e. The van der Waals surface area contributed by atoms with Crippen molar-refractivity contribution >= 4 is 11.8 Å². The zero-order valence-corrected chi connectivity index (χ0v) is 11.1. The van der Waals surface area contributed by atoms with Gasteiger partial charge in [-0.3, -0.25) is 14.3 Å². The number of carbonyl (C=O) groups is 2. The van der Waals surface area contributed by atoms with Gasteiger partial charge >= 0.3 is 5.97 Å². The number of hydrogen-bond acceptors (Lipinski definition) is 4. The van der Waals surface area contributed by atoms with Crippen LogP contribution in [-0.2, 0) is 22.6 Å². The molecule has 1 heterocycles. The summed E-state index contributed by atoms with van der Waals surface area (Å²) < 4.78 is 1.70. The van der Waals surface area contributed by atoms with E-state index in [1.165, 1.54) is 6.33 Å². The maximum absolute atomic E-state index is 12.1. The number of carbonyl (C=O) groups excluding carboxylic acids is 1. The van der Waals surface area contributed by atoms with E-state index in [4.69, 9.17) is 0 Å². The largest absolute Gasteiger partial charge is 0.480 e. The minimum Gasteiger partial charge on any atom is -0.480 e. The SMILES string of the molecule is CCCn1ncnc1CC1(C(=O)O)CCCCC1=O. The van der Waals surface area contributed by atoms with Crippen LogP contribution in [0.1, 0.15) is 44.9 Å². The molecule has 0 aromatic carbocycles. The Balaban J connectivity index is 2.28. The number of aryl methyl sites for hydroxylation is 1. The van der Waals surface area contributed by atoms with Gasteiger partial charge in [0.05, 0.1) is 0 Å². The Hall–Kier alpha value is -1.72. The number of ketones is 1. The van der Waals surface area contributed by atoms with E-state index in [0.29, 0.717) is 25.2 Å². The average Bonchev–Trinajstić information content (AvgIpc) is 2.80. The molecule has 19 heavy (non-hydrogen) atoms. The van der Waals surface area contributed by atoms with Crippen LogP contribution in [-0.4, -0.2) is 31.6 Å². The van der Waals surface area contributed by atoms with Gasteiger partial charge in [-0.1, -0.05) is 13.3 Å². The third-order valence-corrected chi connectivity index (χ3v) is 3.79. The fourth-order valence-electron chi connectivity index (χ4n) is 2.67. The maximum atomic E-state index is 12.1. The van der Waals surface area contributed by atoms with Crippen molar-refractivity contribution in [3.63, 3.8) is 0 Å². The molecule has 1 aromatic rings. The van der Waals surface area contributed by atoms with Crippen LogP contribution in [0.5, 0.6) is 0 Å². The molecule has 0 spiro atoms. The Morgan fingerprint density at radius 2 is 2.32 bits per heavy atom. The molecule has 1 aliphatic carbocycles. The van der Waals surface area contributed by atoms with Crippen molar-refractivity contribution in [2.45, 2.75) is 52.0 Å². The van der Waals surface area contributed by atoms with Crippen LogP contribution < -0.4 is 0 Å². The highest BCUT2D eigenvalue weighted by Gasteiger charge is 2.47. The first-order valence-electron chi connectivity index (χ1n) is 6.73. The van der Waals surface area contributed by atoms with Crippen molar-refractivity contribution in [3.8, 4) is 0 Å². The summed E-state index contributed by atoms with van der Waals surface area (Å²) in [5.74, 6) is -0.597. The number of nitrogens with zero attached hydrogens (tertiary/aromatic N) is 3.